The van der Waals surface area contributed by atoms with Gasteiger partial charge in [0.25, 0.3) is 0 Å². The fourth-order valence-electron chi connectivity index (χ4n) is 2.20. The molecule has 0 fully saturated rings. The summed E-state index contributed by atoms with van der Waals surface area (Å²) in [6, 6.07) is 15.7. The molecule has 0 aliphatic heterocycles. The van der Waals surface area contributed by atoms with Gasteiger partial charge in [-0.2, -0.15) is 0 Å². The molecule has 0 aliphatic carbocycles. The van der Waals surface area contributed by atoms with Gasteiger partial charge in [0, 0.05) is 6.04 Å². The molecule has 19 heavy (non-hydrogen) atoms. The average molecular weight is 322 g/mol. The summed E-state index contributed by atoms with van der Waals surface area (Å²) < 4.78 is 14.1. The maximum Gasteiger partial charge on any atom is 0.137 e. The van der Waals surface area contributed by atoms with Gasteiger partial charge in [0.1, 0.15) is 5.82 Å². The van der Waals surface area contributed by atoms with Crippen molar-refractivity contribution in [1.82, 2.24) is 5.32 Å². The molecule has 2 rings (SSSR count). The van der Waals surface area contributed by atoms with Crippen LogP contribution in [0.3, 0.4) is 0 Å². The molecule has 0 saturated heterocycles. The SMILES string of the molecule is CNC(CCc1ccccc1)c1cccc(F)c1Br. The molecule has 1 atom stereocenters. The van der Waals surface area contributed by atoms with E-state index in [1.54, 1.807) is 6.07 Å². The Morgan fingerprint density at radius 3 is 2.53 bits per heavy atom. The third kappa shape index (κ3) is 3.64. The van der Waals surface area contributed by atoms with E-state index in [-0.39, 0.29) is 11.9 Å². The van der Waals surface area contributed by atoms with Crippen molar-refractivity contribution in [2.24, 2.45) is 0 Å². The minimum atomic E-state index is -0.211. The van der Waals surface area contributed by atoms with Gasteiger partial charge in [-0.3, -0.25) is 0 Å². The third-order valence-corrected chi connectivity index (χ3v) is 4.11. The Kier molecular flexibility index (Phi) is 5.11. The smallest absolute Gasteiger partial charge is 0.137 e. The standard InChI is InChI=1S/C16H17BrFN/c1-19-15(11-10-12-6-3-2-4-7-12)13-8-5-9-14(18)16(13)17/h2-9,15,19H,10-11H2,1H3. The van der Waals surface area contributed by atoms with Crippen molar-refractivity contribution in [3.63, 3.8) is 0 Å². The van der Waals surface area contributed by atoms with Gasteiger partial charge in [-0.15, -0.1) is 0 Å². The van der Waals surface area contributed by atoms with Crippen LogP contribution in [0.4, 0.5) is 4.39 Å². The highest BCUT2D eigenvalue weighted by Gasteiger charge is 2.14. The number of rotatable bonds is 5. The lowest BCUT2D eigenvalue weighted by Crippen LogP contribution is -2.18. The molecular formula is C16H17BrFN. The lowest BCUT2D eigenvalue weighted by atomic mass is 9.99. The summed E-state index contributed by atoms with van der Waals surface area (Å²) in [6.45, 7) is 0. The van der Waals surface area contributed by atoms with Crippen molar-refractivity contribution in [1.29, 1.82) is 0 Å². The van der Waals surface area contributed by atoms with Gasteiger partial charge >= 0.3 is 0 Å². The Morgan fingerprint density at radius 1 is 1.11 bits per heavy atom. The predicted molar refractivity (Wildman–Crippen MR) is 80.7 cm³/mol. The van der Waals surface area contributed by atoms with Gasteiger partial charge in [-0.25, -0.2) is 4.39 Å². The summed E-state index contributed by atoms with van der Waals surface area (Å²) in [5.41, 5.74) is 2.27. The second-order valence-electron chi connectivity index (χ2n) is 4.51. The first-order valence-corrected chi connectivity index (χ1v) is 7.16. The molecule has 0 radical (unpaired) electrons. The first-order chi connectivity index (χ1) is 9.22. The third-order valence-electron chi connectivity index (χ3n) is 3.27. The molecule has 0 aromatic heterocycles. The van der Waals surface area contributed by atoms with Crippen LogP contribution in [0.25, 0.3) is 0 Å². The Balaban J connectivity index is 2.10. The molecule has 0 heterocycles. The van der Waals surface area contributed by atoms with Gasteiger partial charge in [-0.05, 0) is 53.0 Å². The summed E-state index contributed by atoms with van der Waals surface area (Å²) in [5.74, 6) is -0.211. The second kappa shape index (κ2) is 6.83. The van der Waals surface area contributed by atoms with Crippen LogP contribution in [-0.2, 0) is 6.42 Å². The Labute approximate surface area is 122 Å². The maximum atomic E-state index is 13.6. The van der Waals surface area contributed by atoms with E-state index in [4.69, 9.17) is 0 Å². The van der Waals surface area contributed by atoms with E-state index in [1.807, 2.05) is 31.3 Å². The van der Waals surface area contributed by atoms with Crippen LogP contribution in [0.1, 0.15) is 23.6 Å². The molecule has 0 aliphatic rings. The van der Waals surface area contributed by atoms with Gasteiger partial charge in [0.2, 0.25) is 0 Å². The lowest BCUT2D eigenvalue weighted by molar-refractivity contribution is 0.538. The van der Waals surface area contributed by atoms with E-state index in [2.05, 4.69) is 33.4 Å². The highest BCUT2D eigenvalue weighted by atomic mass is 79.9. The van der Waals surface area contributed by atoms with E-state index in [0.717, 1.165) is 18.4 Å². The predicted octanol–water partition coefficient (Wildman–Crippen LogP) is 4.48. The molecule has 1 N–H and O–H groups in total. The first kappa shape index (κ1) is 14.2. The monoisotopic (exact) mass is 321 g/mol. The van der Waals surface area contributed by atoms with Crippen molar-refractivity contribution < 1.29 is 4.39 Å². The van der Waals surface area contributed by atoms with Crippen molar-refractivity contribution in [3.05, 3.63) is 69.9 Å². The first-order valence-electron chi connectivity index (χ1n) is 6.37. The van der Waals surface area contributed by atoms with Crippen molar-refractivity contribution >= 4 is 15.9 Å². The van der Waals surface area contributed by atoms with Crippen molar-refractivity contribution in [3.8, 4) is 0 Å². The Morgan fingerprint density at radius 2 is 1.84 bits per heavy atom. The normalized spacial score (nSPS) is 12.4. The maximum absolute atomic E-state index is 13.6. The van der Waals surface area contributed by atoms with Crippen LogP contribution in [0.15, 0.2) is 53.0 Å². The highest BCUT2D eigenvalue weighted by molar-refractivity contribution is 9.10. The van der Waals surface area contributed by atoms with Crippen LogP contribution in [0.5, 0.6) is 0 Å². The minimum absolute atomic E-state index is 0.144. The van der Waals surface area contributed by atoms with E-state index in [0.29, 0.717) is 4.47 Å². The largest absolute Gasteiger partial charge is 0.313 e. The second-order valence-corrected chi connectivity index (χ2v) is 5.30. The fraction of sp³-hybridized carbons (Fsp3) is 0.250. The van der Waals surface area contributed by atoms with E-state index < -0.39 is 0 Å². The molecule has 0 bridgehead atoms. The molecule has 0 spiro atoms. The number of halogens is 2. The number of aryl methyl sites for hydroxylation is 1. The van der Waals surface area contributed by atoms with Crippen molar-refractivity contribution in [2.45, 2.75) is 18.9 Å². The van der Waals surface area contributed by atoms with E-state index >= 15 is 0 Å². The van der Waals surface area contributed by atoms with Gasteiger partial charge < -0.3 is 5.32 Å². The molecule has 3 heteroatoms. The number of hydrogen-bond acceptors (Lipinski definition) is 1. The average Bonchev–Trinajstić information content (AvgIpc) is 2.45. The van der Waals surface area contributed by atoms with Gasteiger partial charge in [-0.1, -0.05) is 42.5 Å². The van der Waals surface area contributed by atoms with Crippen LogP contribution in [-0.4, -0.2) is 7.05 Å². The molecule has 1 unspecified atom stereocenters. The number of benzene rings is 2. The quantitative estimate of drug-likeness (QED) is 0.856. The molecule has 1 nitrogen and oxygen atoms in total. The van der Waals surface area contributed by atoms with Crippen molar-refractivity contribution in [2.75, 3.05) is 7.05 Å². The number of hydrogen-bond donors (Lipinski definition) is 1. The molecule has 0 amide bonds. The Hall–Kier alpha value is -1.19. The zero-order valence-corrected chi connectivity index (χ0v) is 12.5. The highest BCUT2D eigenvalue weighted by Crippen LogP contribution is 2.28. The zero-order chi connectivity index (χ0) is 13.7. The summed E-state index contributed by atoms with van der Waals surface area (Å²) in [7, 11) is 1.91. The topological polar surface area (TPSA) is 12.0 Å². The summed E-state index contributed by atoms with van der Waals surface area (Å²) in [5, 5.41) is 3.26. The molecular weight excluding hydrogens is 305 g/mol. The van der Waals surface area contributed by atoms with Crippen LogP contribution >= 0.6 is 15.9 Å². The number of nitrogens with one attached hydrogen (secondary N) is 1. The summed E-state index contributed by atoms with van der Waals surface area (Å²) in [6.07, 6.45) is 1.90. The van der Waals surface area contributed by atoms with Gasteiger partial charge in [0.05, 0.1) is 4.47 Å². The molecule has 2 aromatic rings. The summed E-state index contributed by atoms with van der Waals surface area (Å²) in [4.78, 5) is 0. The van der Waals surface area contributed by atoms with E-state index in [9.17, 15) is 4.39 Å². The van der Waals surface area contributed by atoms with E-state index in [1.165, 1.54) is 11.6 Å². The fourth-order valence-corrected chi connectivity index (χ4v) is 2.74. The van der Waals surface area contributed by atoms with Crippen LogP contribution < -0.4 is 5.32 Å². The zero-order valence-electron chi connectivity index (χ0n) is 10.9. The minimum Gasteiger partial charge on any atom is -0.313 e. The lowest BCUT2D eigenvalue weighted by Gasteiger charge is -2.18. The molecule has 0 saturated carbocycles. The van der Waals surface area contributed by atoms with Gasteiger partial charge in [0.15, 0.2) is 0 Å². The molecule has 2 aromatic carbocycles. The molecule has 100 valence electrons. The van der Waals surface area contributed by atoms with Crippen LogP contribution in [0.2, 0.25) is 0 Å². The Bertz CT molecular complexity index is 528. The summed E-state index contributed by atoms with van der Waals surface area (Å²) >= 11 is 3.33. The van der Waals surface area contributed by atoms with Crippen LogP contribution in [0, 0.1) is 5.82 Å².